The first-order valence-electron chi connectivity index (χ1n) is 3.92. The maximum absolute atomic E-state index is 11.8. The molecule has 0 spiro atoms. The highest BCUT2D eigenvalue weighted by Crippen LogP contribution is 2.20. The SMILES string of the molecule is O[C@H](CBr)c1ccc(OC(F)F)cc1. The van der Waals surface area contributed by atoms with Crippen LogP contribution in [0.3, 0.4) is 0 Å². The van der Waals surface area contributed by atoms with Gasteiger partial charge in [0.15, 0.2) is 0 Å². The Balaban J connectivity index is 2.68. The molecule has 1 N–H and O–H groups in total. The highest BCUT2D eigenvalue weighted by Gasteiger charge is 2.07. The monoisotopic (exact) mass is 266 g/mol. The summed E-state index contributed by atoms with van der Waals surface area (Å²) in [6, 6.07) is 5.88. The van der Waals surface area contributed by atoms with E-state index in [0.29, 0.717) is 10.9 Å². The standard InChI is InChI=1S/C9H9BrF2O2/c10-5-8(13)6-1-3-7(4-2-6)14-9(11)12/h1-4,8-9,13H,5H2/t8-/m1/s1. The molecule has 1 rings (SSSR count). The van der Waals surface area contributed by atoms with Crippen LogP contribution in [-0.4, -0.2) is 17.0 Å². The van der Waals surface area contributed by atoms with Crippen LogP contribution >= 0.6 is 15.9 Å². The van der Waals surface area contributed by atoms with Crippen LogP contribution in [0, 0.1) is 0 Å². The number of aliphatic hydroxyl groups is 1. The first kappa shape index (κ1) is 11.4. The number of halogens is 3. The van der Waals surface area contributed by atoms with Crippen LogP contribution in [0.4, 0.5) is 8.78 Å². The van der Waals surface area contributed by atoms with E-state index in [-0.39, 0.29) is 5.75 Å². The van der Waals surface area contributed by atoms with Gasteiger partial charge in [-0.15, -0.1) is 0 Å². The number of ether oxygens (including phenoxy) is 1. The van der Waals surface area contributed by atoms with E-state index in [1.807, 2.05) is 0 Å². The topological polar surface area (TPSA) is 29.5 Å². The van der Waals surface area contributed by atoms with Crippen LogP contribution in [0.25, 0.3) is 0 Å². The lowest BCUT2D eigenvalue weighted by molar-refractivity contribution is -0.0498. The molecular weight excluding hydrogens is 258 g/mol. The Morgan fingerprint density at radius 2 is 1.86 bits per heavy atom. The first-order chi connectivity index (χ1) is 6.63. The third-order valence-electron chi connectivity index (χ3n) is 1.64. The van der Waals surface area contributed by atoms with E-state index in [4.69, 9.17) is 0 Å². The molecule has 1 atom stereocenters. The molecular formula is C9H9BrF2O2. The van der Waals surface area contributed by atoms with Gasteiger partial charge in [-0.25, -0.2) is 0 Å². The molecule has 5 heteroatoms. The van der Waals surface area contributed by atoms with Crippen LogP contribution in [0.15, 0.2) is 24.3 Å². The molecule has 1 aromatic carbocycles. The first-order valence-corrected chi connectivity index (χ1v) is 5.04. The summed E-state index contributed by atoms with van der Waals surface area (Å²) in [4.78, 5) is 0. The molecule has 1 aromatic rings. The van der Waals surface area contributed by atoms with E-state index < -0.39 is 12.7 Å². The zero-order chi connectivity index (χ0) is 10.6. The van der Waals surface area contributed by atoms with Crippen molar-refractivity contribution in [3.8, 4) is 5.75 Å². The van der Waals surface area contributed by atoms with Crippen molar-refractivity contribution in [1.82, 2.24) is 0 Å². The van der Waals surface area contributed by atoms with Crippen molar-refractivity contribution >= 4 is 15.9 Å². The molecule has 14 heavy (non-hydrogen) atoms. The molecule has 0 aliphatic carbocycles. The third-order valence-corrected chi connectivity index (χ3v) is 2.25. The summed E-state index contributed by atoms with van der Waals surface area (Å²) >= 11 is 3.11. The minimum absolute atomic E-state index is 0.0884. The maximum Gasteiger partial charge on any atom is 0.387 e. The molecule has 0 amide bonds. The minimum Gasteiger partial charge on any atom is -0.435 e. The number of aliphatic hydroxyl groups excluding tert-OH is 1. The van der Waals surface area contributed by atoms with E-state index >= 15 is 0 Å². The van der Waals surface area contributed by atoms with Gasteiger partial charge in [0.2, 0.25) is 0 Å². The second kappa shape index (κ2) is 5.26. The largest absolute Gasteiger partial charge is 0.435 e. The summed E-state index contributed by atoms with van der Waals surface area (Å²) < 4.78 is 27.7. The Labute approximate surface area is 88.6 Å². The molecule has 2 nitrogen and oxygen atoms in total. The van der Waals surface area contributed by atoms with E-state index in [1.54, 1.807) is 12.1 Å². The van der Waals surface area contributed by atoms with Crippen LogP contribution < -0.4 is 4.74 Å². The average molecular weight is 267 g/mol. The molecule has 0 fully saturated rings. The predicted octanol–water partition coefficient (Wildman–Crippen LogP) is 2.72. The number of rotatable bonds is 4. The van der Waals surface area contributed by atoms with Crippen molar-refractivity contribution in [1.29, 1.82) is 0 Å². The fraction of sp³-hybridized carbons (Fsp3) is 0.333. The van der Waals surface area contributed by atoms with Crippen molar-refractivity contribution in [2.24, 2.45) is 0 Å². The second-order valence-corrected chi connectivity index (χ2v) is 3.27. The predicted molar refractivity (Wildman–Crippen MR) is 51.8 cm³/mol. The maximum atomic E-state index is 11.8. The molecule has 78 valence electrons. The lowest BCUT2D eigenvalue weighted by Crippen LogP contribution is -2.02. The Kier molecular flexibility index (Phi) is 4.28. The minimum atomic E-state index is -2.82. The molecule has 0 unspecified atom stereocenters. The highest BCUT2D eigenvalue weighted by atomic mass is 79.9. The molecule has 0 aliphatic rings. The Morgan fingerprint density at radius 3 is 2.29 bits per heavy atom. The Morgan fingerprint density at radius 1 is 1.29 bits per heavy atom. The third kappa shape index (κ3) is 3.23. The van der Waals surface area contributed by atoms with Crippen molar-refractivity contribution in [2.75, 3.05) is 5.33 Å². The zero-order valence-electron chi connectivity index (χ0n) is 7.16. The van der Waals surface area contributed by atoms with Crippen molar-refractivity contribution in [3.05, 3.63) is 29.8 Å². The normalized spacial score (nSPS) is 12.9. The summed E-state index contributed by atoms with van der Waals surface area (Å²) in [6.07, 6.45) is -0.629. The van der Waals surface area contributed by atoms with Crippen LogP contribution in [0.2, 0.25) is 0 Å². The average Bonchev–Trinajstić information content (AvgIpc) is 2.17. The van der Waals surface area contributed by atoms with Gasteiger partial charge in [0.25, 0.3) is 0 Å². The number of hydrogen-bond acceptors (Lipinski definition) is 2. The molecule has 0 bridgehead atoms. The van der Waals surface area contributed by atoms with Crippen LogP contribution in [0.1, 0.15) is 11.7 Å². The summed E-state index contributed by atoms with van der Waals surface area (Å²) in [6.45, 7) is -2.82. The van der Waals surface area contributed by atoms with Gasteiger partial charge in [-0.2, -0.15) is 8.78 Å². The number of alkyl halides is 3. The quantitative estimate of drug-likeness (QED) is 0.850. The van der Waals surface area contributed by atoms with Crippen LogP contribution in [0.5, 0.6) is 5.75 Å². The van der Waals surface area contributed by atoms with Gasteiger partial charge in [0, 0.05) is 5.33 Å². The molecule has 0 saturated carbocycles. The van der Waals surface area contributed by atoms with E-state index in [1.165, 1.54) is 12.1 Å². The molecule has 0 radical (unpaired) electrons. The van der Waals surface area contributed by atoms with Crippen molar-refractivity contribution < 1.29 is 18.6 Å². The second-order valence-electron chi connectivity index (χ2n) is 2.62. The highest BCUT2D eigenvalue weighted by molar-refractivity contribution is 9.09. The van der Waals surface area contributed by atoms with Gasteiger partial charge in [-0.05, 0) is 17.7 Å². The van der Waals surface area contributed by atoms with Crippen molar-refractivity contribution in [3.63, 3.8) is 0 Å². The van der Waals surface area contributed by atoms with Gasteiger partial charge < -0.3 is 9.84 Å². The molecule has 0 saturated heterocycles. The molecule has 0 aliphatic heterocycles. The summed E-state index contributed by atoms with van der Waals surface area (Å²) in [5, 5.41) is 9.77. The van der Waals surface area contributed by atoms with Crippen molar-refractivity contribution in [2.45, 2.75) is 12.7 Å². The fourth-order valence-corrected chi connectivity index (χ4v) is 1.33. The Bertz CT molecular complexity index is 277. The smallest absolute Gasteiger partial charge is 0.387 e. The van der Waals surface area contributed by atoms with Gasteiger partial charge >= 0.3 is 6.61 Å². The number of benzene rings is 1. The van der Waals surface area contributed by atoms with Gasteiger partial charge in [0.05, 0.1) is 6.10 Å². The molecule has 0 heterocycles. The van der Waals surface area contributed by atoms with E-state index in [9.17, 15) is 13.9 Å². The summed E-state index contributed by atoms with van der Waals surface area (Å²) in [5.41, 5.74) is 0.656. The molecule has 0 aromatic heterocycles. The summed E-state index contributed by atoms with van der Waals surface area (Å²) in [5.74, 6) is 0.0884. The van der Waals surface area contributed by atoms with E-state index in [2.05, 4.69) is 20.7 Å². The van der Waals surface area contributed by atoms with Crippen LogP contribution in [-0.2, 0) is 0 Å². The lowest BCUT2D eigenvalue weighted by Gasteiger charge is -2.08. The van der Waals surface area contributed by atoms with E-state index in [0.717, 1.165) is 0 Å². The van der Waals surface area contributed by atoms with Gasteiger partial charge in [-0.3, -0.25) is 0 Å². The Hall–Kier alpha value is -0.680. The summed E-state index contributed by atoms with van der Waals surface area (Å²) in [7, 11) is 0. The van der Waals surface area contributed by atoms with Gasteiger partial charge in [0.1, 0.15) is 5.75 Å². The van der Waals surface area contributed by atoms with Gasteiger partial charge in [-0.1, -0.05) is 28.1 Å². The lowest BCUT2D eigenvalue weighted by atomic mass is 10.1. The fourth-order valence-electron chi connectivity index (χ4n) is 0.961. The number of hydrogen-bond donors (Lipinski definition) is 1. The zero-order valence-corrected chi connectivity index (χ0v) is 8.75.